The van der Waals surface area contributed by atoms with Gasteiger partial charge in [-0.2, -0.15) is 0 Å². The van der Waals surface area contributed by atoms with Crippen LogP contribution in [0.25, 0.3) is 0 Å². The highest BCUT2D eigenvalue weighted by Gasteiger charge is 2.13. The van der Waals surface area contributed by atoms with Gasteiger partial charge in [0.25, 0.3) is 11.6 Å². The molecule has 1 heterocycles. The molecule has 0 spiro atoms. The standard InChI is InChI=1S/C17H15N3O4/c1-12-18-19-17(24-12)11-23-16-8-7-15(20(21)22)10-14(16)9-13-5-3-2-4-6-13/h2-8,10H,9,11H2,1H3. The fourth-order valence-electron chi connectivity index (χ4n) is 2.31. The van der Waals surface area contributed by atoms with Crippen molar-refractivity contribution in [2.45, 2.75) is 20.0 Å². The Bertz CT molecular complexity index is 846. The first kappa shape index (κ1) is 15.7. The fraction of sp³-hybridized carbons (Fsp3) is 0.176. The van der Waals surface area contributed by atoms with Gasteiger partial charge in [0.1, 0.15) is 5.75 Å². The summed E-state index contributed by atoms with van der Waals surface area (Å²) in [5.41, 5.74) is 1.80. The number of ether oxygens (including phenoxy) is 1. The molecular weight excluding hydrogens is 310 g/mol. The van der Waals surface area contributed by atoms with E-state index < -0.39 is 4.92 Å². The molecule has 0 aliphatic rings. The topological polar surface area (TPSA) is 91.3 Å². The summed E-state index contributed by atoms with van der Waals surface area (Å²) in [6.07, 6.45) is 0.528. The first-order valence-corrected chi connectivity index (χ1v) is 7.35. The van der Waals surface area contributed by atoms with E-state index in [0.717, 1.165) is 11.1 Å². The number of nitro benzene ring substituents is 1. The van der Waals surface area contributed by atoms with Gasteiger partial charge in [0.2, 0.25) is 5.89 Å². The zero-order valence-electron chi connectivity index (χ0n) is 13.0. The highest BCUT2D eigenvalue weighted by molar-refractivity contribution is 5.46. The van der Waals surface area contributed by atoms with Crippen LogP contribution in [0.5, 0.6) is 5.75 Å². The minimum atomic E-state index is -0.417. The summed E-state index contributed by atoms with van der Waals surface area (Å²) in [5.74, 6) is 1.37. The second kappa shape index (κ2) is 6.91. The van der Waals surface area contributed by atoms with Crippen molar-refractivity contribution in [1.29, 1.82) is 0 Å². The van der Waals surface area contributed by atoms with Gasteiger partial charge in [0, 0.05) is 31.0 Å². The van der Waals surface area contributed by atoms with E-state index in [1.165, 1.54) is 12.1 Å². The monoisotopic (exact) mass is 325 g/mol. The van der Waals surface area contributed by atoms with Gasteiger partial charge in [-0.05, 0) is 11.6 Å². The molecule has 0 atom stereocenters. The van der Waals surface area contributed by atoms with Crippen LogP contribution in [-0.2, 0) is 13.0 Å². The summed E-state index contributed by atoms with van der Waals surface area (Å²) in [6, 6.07) is 14.2. The first-order valence-electron chi connectivity index (χ1n) is 7.35. The highest BCUT2D eigenvalue weighted by atomic mass is 16.6. The van der Waals surface area contributed by atoms with Crippen LogP contribution in [0.2, 0.25) is 0 Å². The Kier molecular flexibility index (Phi) is 4.51. The van der Waals surface area contributed by atoms with Crippen molar-refractivity contribution in [3.63, 3.8) is 0 Å². The van der Waals surface area contributed by atoms with Crippen LogP contribution in [0.15, 0.2) is 52.9 Å². The summed E-state index contributed by atoms with van der Waals surface area (Å²) in [7, 11) is 0. The Balaban J connectivity index is 1.84. The summed E-state index contributed by atoms with van der Waals surface area (Å²) in [5, 5.41) is 18.6. The van der Waals surface area contributed by atoms with Crippen molar-refractivity contribution in [3.05, 3.63) is 81.6 Å². The van der Waals surface area contributed by atoms with Crippen LogP contribution >= 0.6 is 0 Å². The molecule has 0 saturated heterocycles. The molecule has 0 N–H and O–H groups in total. The SMILES string of the molecule is Cc1nnc(COc2ccc([N+](=O)[O-])cc2Cc2ccccc2)o1. The van der Waals surface area contributed by atoms with E-state index in [9.17, 15) is 10.1 Å². The molecule has 7 heteroatoms. The second-order valence-corrected chi connectivity index (χ2v) is 5.22. The van der Waals surface area contributed by atoms with Crippen molar-refractivity contribution < 1.29 is 14.1 Å². The van der Waals surface area contributed by atoms with E-state index in [1.807, 2.05) is 30.3 Å². The predicted octanol–water partition coefficient (Wildman–Crippen LogP) is 3.46. The third-order valence-electron chi connectivity index (χ3n) is 3.41. The van der Waals surface area contributed by atoms with Gasteiger partial charge in [-0.3, -0.25) is 10.1 Å². The molecule has 3 aromatic rings. The number of benzene rings is 2. The second-order valence-electron chi connectivity index (χ2n) is 5.22. The third kappa shape index (κ3) is 3.75. The highest BCUT2D eigenvalue weighted by Crippen LogP contribution is 2.27. The number of hydrogen-bond donors (Lipinski definition) is 0. The predicted molar refractivity (Wildman–Crippen MR) is 85.7 cm³/mol. The number of nitro groups is 1. The van der Waals surface area contributed by atoms with Gasteiger partial charge in [-0.15, -0.1) is 10.2 Å². The smallest absolute Gasteiger partial charge is 0.269 e. The minimum Gasteiger partial charge on any atom is -0.484 e. The summed E-state index contributed by atoms with van der Waals surface area (Å²) >= 11 is 0. The number of aromatic nitrogens is 2. The van der Waals surface area contributed by atoms with E-state index in [-0.39, 0.29) is 12.3 Å². The lowest BCUT2D eigenvalue weighted by molar-refractivity contribution is -0.384. The van der Waals surface area contributed by atoms with Gasteiger partial charge in [0.05, 0.1) is 4.92 Å². The van der Waals surface area contributed by atoms with Crippen LogP contribution in [0.4, 0.5) is 5.69 Å². The maximum Gasteiger partial charge on any atom is 0.269 e. The van der Waals surface area contributed by atoms with Crippen LogP contribution < -0.4 is 4.74 Å². The molecule has 0 amide bonds. The van der Waals surface area contributed by atoms with Crippen LogP contribution in [-0.4, -0.2) is 15.1 Å². The van der Waals surface area contributed by atoms with E-state index in [1.54, 1.807) is 13.0 Å². The molecule has 0 fully saturated rings. The molecule has 0 radical (unpaired) electrons. The van der Waals surface area contributed by atoms with Crippen LogP contribution in [0, 0.1) is 17.0 Å². The lowest BCUT2D eigenvalue weighted by atomic mass is 10.0. The van der Waals surface area contributed by atoms with E-state index >= 15 is 0 Å². The van der Waals surface area contributed by atoms with Crippen molar-refractivity contribution in [3.8, 4) is 5.75 Å². The molecule has 1 aromatic heterocycles. The van der Waals surface area contributed by atoms with Crippen LogP contribution in [0.3, 0.4) is 0 Å². The Morgan fingerprint density at radius 2 is 1.96 bits per heavy atom. The molecule has 2 aromatic carbocycles. The minimum absolute atomic E-state index is 0.0296. The van der Waals surface area contributed by atoms with Crippen molar-refractivity contribution >= 4 is 5.69 Å². The van der Waals surface area contributed by atoms with Crippen molar-refractivity contribution in [1.82, 2.24) is 10.2 Å². The number of nitrogens with zero attached hydrogens (tertiary/aromatic N) is 3. The number of non-ortho nitro benzene ring substituents is 1. The van der Waals surface area contributed by atoms with Gasteiger partial charge in [-0.1, -0.05) is 30.3 Å². The Morgan fingerprint density at radius 3 is 2.62 bits per heavy atom. The fourth-order valence-corrected chi connectivity index (χ4v) is 2.31. The quantitative estimate of drug-likeness (QED) is 0.509. The molecule has 0 aliphatic heterocycles. The molecule has 0 saturated carbocycles. The lowest BCUT2D eigenvalue weighted by Gasteiger charge is -2.10. The molecular formula is C17H15N3O4. The Hall–Kier alpha value is -3.22. The molecule has 0 aliphatic carbocycles. The largest absolute Gasteiger partial charge is 0.484 e. The number of aryl methyl sites for hydroxylation is 1. The van der Waals surface area contributed by atoms with E-state index in [4.69, 9.17) is 9.15 Å². The third-order valence-corrected chi connectivity index (χ3v) is 3.41. The molecule has 3 rings (SSSR count). The number of rotatable bonds is 6. The molecule has 24 heavy (non-hydrogen) atoms. The van der Waals surface area contributed by atoms with Gasteiger partial charge in [0.15, 0.2) is 6.61 Å². The van der Waals surface area contributed by atoms with Crippen molar-refractivity contribution in [2.24, 2.45) is 0 Å². The normalized spacial score (nSPS) is 10.5. The van der Waals surface area contributed by atoms with E-state index in [0.29, 0.717) is 24.0 Å². The maximum absolute atomic E-state index is 11.0. The zero-order valence-corrected chi connectivity index (χ0v) is 13.0. The molecule has 7 nitrogen and oxygen atoms in total. The summed E-state index contributed by atoms with van der Waals surface area (Å²) in [6.45, 7) is 1.81. The first-order chi connectivity index (χ1) is 11.6. The lowest BCUT2D eigenvalue weighted by Crippen LogP contribution is -2.01. The van der Waals surface area contributed by atoms with Gasteiger partial charge < -0.3 is 9.15 Å². The molecule has 0 unspecified atom stereocenters. The van der Waals surface area contributed by atoms with Crippen LogP contribution in [0.1, 0.15) is 22.9 Å². The van der Waals surface area contributed by atoms with Crippen molar-refractivity contribution in [2.75, 3.05) is 0 Å². The summed E-state index contributed by atoms with van der Waals surface area (Å²) in [4.78, 5) is 10.6. The molecule has 122 valence electrons. The van der Waals surface area contributed by atoms with Gasteiger partial charge >= 0.3 is 0 Å². The summed E-state index contributed by atoms with van der Waals surface area (Å²) < 4.78 is 11.0. The Labute approximate surface area is 138 Å². The zero-order chi connectivity index (χ0) is 16.9. The number of hydrogen-bond acceptors (Lipinski definition) is 6. The van der Waals surface area contributed by atoms with Gasteiger partial charge in [-0.25, -0.2) is 0 Å². The average molecular weight is 325 g/mol. The maximum atomic E-state index is 11.0. The molecule has 0 bridgehead atoms. The Morgan fingerprint density at radius 1 is 1.17 bits per heavy atom. The average Bonchev–Trinajstić information content (AvgIpc) is 3.00. The van der Waals surface area contributed by atoms with E-state index in [2.05, 4.69) is 10.2 Å².